The van der Waals surface area contributed by atoms with Crippen molar-refractivity contribution in [2.24, 2.45) is 0 Å². The second kappa shape index (κ2) is 9.93. The molecule has 10 heteroatoms. The zero-order chi connectivity index (χ0) is 20.7. The molecule has 3 rings (SSSR count). The van der Waals surface area contributed by atoms with Crippen molar-refractivity contribution in [2.45, 2.75) is 48.9 Å². The van der Waals surface area contributed by atoms with E-state index in [9.17, 15) is 18.7 Å². The number of rotatable bonds is 10. The fourth-order valence-electron chi connectivity index (χ4n) is 3.20. The number of halogens is 2. The molecule has 2 aromatic rings. The van der Waals surface area contributed by atoms with Crippen LogP contribution in [0.4, 0.5) is 8.78 Å². The van der Waals surface area contributed by atoms with Crippen molar-refractivity contribution < 1.29 is 18.7 Å². The van der Waals surface area contributed by atoms with Crippen molar-refractivity contribution in [1.82, 2.24) is 25.5 Å². The van der Waals surface area contributed by atoms with Crippen molar-refractivity contribution in [2.75, 3.05) is 12.3 Å². The molecule has 1 saturated heterocycles. The smallest absolute Gasteiger partial charge is 0.302 e. The Morgan fingerprint density at radius 2 is 2.14 bits per heavy atom. The van der Waals surface area contributed by atoms with Crippen LogP contribution in [0.1, 0.15) is 31.2 Å². The van der Waals surface area contributed by atoms with E-state index in [1.165, 1.54) is 42.1 Å². The third-order valence-electron chi connectivity index (χ3n) is 4.78. The number of aromatic nitrogens is 4. The molecule has 0 spiro atoms. The number of aliphatic hydroxyl groups is 1. The summed E-state index contributed by atoms with van der Waals surface area (Å²) >= 11 is 1.50. The Kier molecular flexibility index (Phi) is 7.32. The highest BCUT2D eigenvalue weighted by Crippen LogP contribution is 2.32. The van der Waals surface area contributed by atoms with Crippen LogP contribution in [-0.4, -0.2) is 61.0 Å². The molecule has 0 bridgehead atoms. The number of amides is 1. The Bertz CT molecular complexity index is 804. The van der Waals surface area contributed by atoms with Crippen LogP contribution in [0.5, 0.6) is 0 Å². The predicted molar refractivity (Wildman–Crippen MR) is 104 cm³/mol. The van der Waals surface area contributed by atoms with Gasteiger partial charge in [0.1, 0.15) is 6.10 Å². The maximum atomic E-state index is 14.4. The second-order valence-electron chi connectivity index (χ2n) is 6.77. The quantitative estimate of drug-likeness (QED) is 0.347. The Balaban J connectivity index is 1.50. The molecule has 0 saturated carbocycles. The van der Waals surface area contributed by atoms with Crippen molar-refractivity contribution in [1.29, 1.82) is 0 Å². The minimum Gasteiger partial charge on any atom is -0.382 e. The number of hydrogen-bond acceptors (Lipinski definition) is 6. The topological polar surface area (TPSA) is 95.0 Å². The van der Waals surface area contributed by atoms with Crippen molar-refractivity contribution in [3.05, 3.63) is 48.0 Å². The monoisotopic (exact) mass is 423 g/mol. The lowest BCUT2D eigenvalue weighted by Crippen LogP contribution is -2.34. The van der Waals surface area contributed by atoms with E-state index in [2.05, 4.69) is 20.6 Å². The molecule has 2 atom stereocenters. The Labute approximate surface area is 171 Å². The van der Waals surface area contributed by atoms with E-state index in [0.717, 1.165) is 24.7 Å². The van der Waals surface area contributed by atoms with Gasteiger partial charge in [-0.3, -0.25) is 4.79 Å². The molecule has 1 unspecified atom stereocenters. The molecule has 0 radical (unpaired) electrons. The van der Waals surface area contributed by atoms with Crippen molar-refractivity contribution >= 4 is 17.7 Å². The van der Waals surface area contributed by atoms with Gasteiger partial charge in [-0.15, -0.1) is 5.10 Å². The molecule has 1 aromatic heterocycles. The van der Waals surface area contributed by atoms with Gasteiger partial charge in [-0.2, -0.15) is 8.78 Å². The number of carbonyl (C=O) groups is 1. The minimum absolute atomic E-state index is 0.0102. The van der Waals surface area contributed by atoms with Gasteiger partial charge in [-0.1, -0.05) is 54.2 Å². The molecule has 1 fully saturated rings. The van der Waals surface area contributed by atoms with Crippen LogP contribution in [0, 0.1) is 0 Å². The normalized spacial score (nSPS) is 18.7. The average molecular weight is 423 g/mol. The highest BCUT2D eigenvalue weighted by molar-refractivity contribution is 7.99. The number of thioether (sulfide) groups is 1. The highest BCUT2D eigenvalue weighted by atomic mass is 32.2. The summed E-state index contributed by atoms with van der Waals surface area (Å²) in [5.74, 6) is -2.57. The van der Waals surface area contributed by atoms with E-state index < -0.39 is 12.0 Å². The Hall–Kier alpha value is -2.33. The number of benzene rings is 1. The van der Waals surface area contributed by atoms with Crippen LogP contribution in [-0.2, 0) is 10.7 Å². The SMILES string of the molecule is O=C1CC[C@H](C=CC(O)C(F)(F)c2ccccc2)N1CCCCSc1nnn[nH]1. The first-order valence-electron chi connectivity index (χ1n) is 9.44. The third kappa shape index (κ3) is 5.60. The number of carbonyl (C=O) groups excluding carboxylic acids is 1. The largest absolute Gasteiger partial charge is 0.382 e. The van der Waals surface area contributed by atoms with Gasteiger partial charge in [0.05, 0.1) is 6.04 Å². The number of nitrogens with zero attached hydrogens (tertiary/aromatic N) is 4. The number of aromatic amines is 1. The van der Waals surface area contributed by atoms with E-state index in [0.29, 0.717) is 24.5 Å². The van der Waals surface area contributed by atoms with Gasteiger partial charge >= 0.3 is 5.92 Å². The summed E-state index contributed by atoms with van der Waals surface area (Å²) in [6, 6.07) is 6.97. The number of hydrogen-bond donors (Lipinski definition) is 2. The first-order valence-corrected chi connectivity index (χ1v) is 10.4. The summed E-state index contributed by atoms with van der Waals surface area (Å²) in [5.41, 5.74) is -0.240. The Morgan fingerprint density at radius 1 is 1.34 bits per heavy atom. The molecule has 7 nitrogen and oxygen atoms in total. The molecule has 2 heterocycles. The van der Waals surface area contributed by atoms with E-state index in [1.807, 2.05) is 0 Å². The van der Waals surface area contributed by atoms with E-state index >= 15 is 0 Å². The maximum Gasteiger partial charge on any atom is 0.302 e. The number of aliphatic hydroxyl groups excluding tert-OH is 1. The molecule has 1 amide bonds. The number of H-pyrrole nitrogens is 1. The lowest BCUT2D eigenvalue weighted by molar-refractivity contribution is -0.128. The van der Waals surface area contributed by atoms with Crippen LogP contribution >= 0.6 is 11.8 Å². The maximum absolute atomic E-state index is 14.4. The van der Waals surface area contributed by atoms with Crippen LogP contribution in [0.2, 0.25) is 0 Å². The summed E-state index contributed by atoms with van der Waals surface area (Å²) in [5, 5.41) is 24.1. The average Bonchev–Trinajstić information content (AvgIpc) is 3.37. The van der Waals surface area contributed by atoms with Gasteiger partial charge in [0.15, 0.2) is 0 Å². The van der Waals surface area contributed by atoms with Crippen LogP contribution in [0.25, 0.3) is 0 Å². The van der Waals surface area contributed by atoms with Gasteiger partial charge in [0.25, 0.3) is 0 Å². The molecule has 156 valence electrons. The molecule has 1 aliphatic rings. The van der Waals surface area contributed by atoms with E-state index in [1.54, 1.807) is 11.0 Å². The predicted octanol–water partition coefficient (Wildman–Crippen LogP) is 2.77. The minimum atomic E-state index is -3.39. The summed E-state index contributed by atoms with van der Waals surface area (Å²) in [6.07, 6.45) is 3.29. The summed E-state index contributed by atoms with van der Waals surface area (Å²) < 4.78 is 28.8. The number of likely N-dealkylation sites (tertiary alicyclic amines) is 1. The number of unbranched alkanes of at least 4 members (excludes halogenated alkanes) is 1. The first kappa shape index (κ1) is 21.4. The van der Waals surface area contributed by atoms with Crippen molar-refractivity contribution in [3.63, 3.8) is 0 Å². The number of nitrogens with one attached hydrogen (secondary N) is 1. The highest BCUT2D eigenvalue weighted by Gasteiger charge is 2.39. The fraction of sp³-hybridized carbons (Fsp3) is 0.474. The van der Waals surface area contributed by atoms with Gasteiger partial charge in [-0.05, 0) is 29.7 Å². The molecule has 2 N–H and O–H groups in total. The lowest BCUT2D eigenvalue weighted by atomic mass is 10.0. The van der Waals surface area contributed by atoms with Gasteiger partial charge < -0.3 is 10.0 Å². The molecular formula is C19H23F2N5O2S. The second-order valence-corrected chi connectivity index (χ2v) is 7.86. The van der Waals surface area contributed by atoms with Gasteiger partial charge in [-0.25, -0.2) is 5.10 Å². The summed E-state index contributed by atoms with van der Waals surface area (Å²) in [7, 11) is 0. The summed E-state index contributed by atoms with van der Waals surface area (Å²) in [4.78, 5) is 13.8. The Morgan fingerprint density at radius 3 is 2.86 bits per heavy atom. The first-order chi connectivity index (χ1) is 14.0. The molecule has 1 aliphatic heterocycles. The fourth-order valence-corrected chi connectivity index (χ4v) is 3.94. The summed E-state index contributed by atoms with van der Waals surface area (Å²) in [6.45, 7) is 0.550. The standard InChI is InChI=1S/C19H23F2N5O2S/c20-19(21,14-6-2-1-3-7-14)16(27)10-8-15-9-11-17(28)26(15)12-4-5-13-29-18-22-24-25-23-18/h1-3,6-8,10,15-16,27H,4-5,9,11-13H2,(H,22,23,24,25)/t15-,16?/m0/s1. The van der Waals surface area contributed by atoms with E-state index in [-0.39, 0.29) is 17.5 Å². The molecule has 29 heavy (non-hydrogen) atoms. The third-order valence-corrected chi connectivity index (χ3v) is 5.72. The molecular weight excluding hydrogens is 400 g/mol. The van der Waals surface area contributed by atoms with E-state index in [4.69, 9.17) is 0 Å². The molecule has 0 aliphatic carbocycles. The molecule has 1 aromatic carbocycles. The van der Waals surface area contributed by atoms with Crippen LogP contribution < -0.4 is 0 Å². The zero-order valence-electron chi connectivity index (χ0n) is 15.7. The zero-order valence-corrected chi connectivity index (χ0v) is 16.6. The number of alkyl halides is 2. The van der Waals surface area contributed by atoms with Crippen LogP contribution in [0.15, 0.2) is 47.6 Å². The number of tetrazole rings is 1. The van der Waals surface area contributed by atoms with Crippen LogP contribution in [0.3, 0.4) is 0 Å². The van der Waals surface area contributed by atoms with Gasteiger partial charge in [0.2, 0.25) is 11.1 Å². The van der Waals surface area contributed by atoms with Gasteiger partial charge in [0, 0.05) is 24.3 Å². The lowest BCUT2D eigenvalue weighted by Gasteiger charge is -2.24. The van der Waals surface area contributed by atoms with Crippen molar-refractivity contribution in [3.8, 4) is 0 Å².